The number of nitrogens with zero attached hydrogens (tertiary/aromatic N) is 2. The molecule has 3 rings (SSSR count). The van der Waals surface area contributed by atoms with E-state index in [4.69, 9.17) is 11.4 Å². The molecule has 0 saturated heterocycles. The Morgan fingerprint density at radius 2 is 2.04 bits per heavy atom. The lowest BCUT2D eigenvalue weighted by atomic mass is 10.1. The van der Waals surface area contributed by atoms with Crippen molar-refractivity contribution in [3.63, 3.8) is 0 Å². The highest BCUT2D eigenvalue weighted by molar-refractivity contribution is 9.10. The van der Waals surface area contributed by atoms with E-state index < -0.39 is 0 Å². The summed E-state index contributed by atoms with van der Waals surface area (Å²) in [5, 5.41) is 2.64. The van der Waals surface area contributed by atoms with Crippen molar-refractivity contribution in [1.82, 2.24) is 9.55 Å². The summed E-state index contributed by atoms with van der Waals surface area (Å²) in [5.41, 5.74) is 1.86. The monoisotopic (exact) mass is 386 g/mol. The number of aromatic nitrogens is 2. The fourth-order valence-corrected chi connectivity index (χ4v) is 3.78. The van der Waals surface area contributed by atoms with Crippen LogP contribution < -0.4 is 5.56 Å². The fourth-order valence-electron chi connectivity index (χ4n) is 2.57. The highest BCUT2D eigenvalue weighted by Crippen LogP contribution is 2.32. The molecule has 5 heteroatoms. The van der Waals surface area contributed by atoms with Gasteiger partial charge in [0.1, 0.15) is 10.7 Å². The molecule has 0 spiro atoms. The normalized spacial score (nSPS) is 11.1. The maximum Gasteiger partial charge on any atom is 0.263 e. The zero-order chi connectivity index (χ0) is 16.6. The van der Waals surface area contributed by atoms with Gasteiger partial charge in [0.25, 0.3) is 5.56 Å². The summed E-state index contributed by atoms with van der Waals surface area (Å²) in [6.45, 7) is 4.28. The standard InChI is InChI=1S/C18H15BrN2OS/c1-4-9-21-16(11(2)3)20-17-15(18(21)22)14(10-23-17)12-5-7-13(19)8-6-12/h1,5-8,10-11H,9H2,2-3H3. The van der Waals surface area contributed by atoms with Gasteiger partial charge in [0.15, 0.2) is 0 Å². The molecule has 116 valence electrons. The van der Waals surface area contributed by atoms with Crippen LogP contribution in [0.15, 0.2) is 38.9 Å². The van der Waals surface area contributed by atoms with Crippen molar-refractivity contribution in [1.29, 1.82) is 0 Å². The van der Waals surface area contributed by atoms with Crippen LogP contribution in [0.3, 0.4) is 0 Å². The van der Waals surface area contributed by atoms with Crippen molar-refractivity contribution in [2.45, 2.75) is 26.3 Å². The van der Waals surface area contributed by atoms with Crippen molar-refractivity contribution in [2.75, 3.05) is 0 Å². The van der Waals surface area contributed by atoms with Crippen LogP contribution in [0.5, 0.6) is 0 Å². The fraction of sp³-hybridized carbons (Fsp3) is 0.222. The van der Waals surface area contributed by atoms with E-state index in [1.54, 1.807) is 4.57 Å². The number of benzene rings is 1. The lowest BCUT2D eigenvalue weighted by Gasteiger charge is -2.13. The quantitative estimate of drug-likeness (QED) is 0.614. The minimum absolute atomic E-state index is 0.0594. The number of fused-ring (bicyclic) bond motifs is 1. The first kappa shape index (κ1) is 16.0. The third-order valence-corrected chi connectivity index (χ3v) is 5.05. The molecule has 0 saturated carbocycles. The van der Waals surface area contributed by atoms with E-state index in [9.17, 15) is 4.79 Å². The summed E-state index contributed by atoms with van der Waals surface area (Å²) >= 11 is 4.93. The van der Waals surface area contributed by atoms with Crippen LogP contribution in [0.1, 0.15) is 25.6 Å². The van der Waals surface area contributed by atoms with Crippen molar-refractivity contribution in [3.05, 3.63) is 50.3 Å². The Labute approximate surface area is 147 Å². The molecule has 3 nitrogen and oxygen atoms in total. The second kappa shape index (κ2) is 6.31. The first-order chi connectivity index (χ1) is 11.0. The van der Waals surface area contributed by atoms with E-state index in [1.165, 1.54) is 11.3 Å². The second-order valence-corrected chi connectivity index (χ2v) is 7.33. The van der Waals surface area contributed by atoms with Crippen LogP contribution >= 0.6 is 27.3 Å². The Morgan fingerprint density at radius 1 is 1.35 bits per heavy atom. The van der Waals surface area contributed by atoms with Gasteiger partial charge < -0.3 is 0 Å². The van der Waals surface area contributed by atoms with Crippen molar-refractivity contribution < 1.29 is 0 Å². The predicted octanol–water partition coefficient (Wildman–Crippen LogP) is 4.64. The van der Waals surface area contributed by atoms with Gasteiger partial charge in [-0.15, -0.1) is 17.8 Å². The average Bonchev–Trinajstić information content (AvgIpc) is 2.95. The molecule has 0 radical (unpaired) electrons. The van der Waals surface area contributed by atoms with Crippen molar-refractivity contribution in [3.8, 4) is 23.5 Å². The molecule has 0 fully saturated rings. The molecular formula is C18H15BrN2OS. The summed E-state index contributed by atoms with van der Waals surface area (Å²) < 4.78 is 2.62. The highest BCUT2D eigenvalue weighted by atomic mass is 79.9. The van der Waals surface area contributed by atoms with E-state index in [1.807, 2.05) is 43.5 Å². The molecule has 3 aromatic rings. The lowest BCUT2D eigenvalue weighted by Crippen LogP contribution is -2.25. The van der Waals surface area contributed by atoms with Gasteiger partial charge in [-0.1, -0.05) is 47.8 Å². The van der Waals surface area contributed by atoms with Gasteiger partial charge in [-0.05, 0) is 17.7 Å². The third kappa shape index (κ3) is 2.85. The topological polar surface area (TPSA) is 34.9 Å². The molecule has 0 aliphatic rings. The molecule has 0 aliphatic heterocycles. The molecule has 2 aromatic heterocycles. The van der Waals surface area contributed by atoms with Gasteiger partial charge >= 0.3 is 0 Å². The summed E-state index contributed by atoms with van der Waals surface area (Å²) in [6.07, 6.45) is 5.44. The number of terminal acetylenes is 1. The van der Waals surface area contributed by atoms with E-state index >= 15 is 0 Å². The SMILES string of the molecule is C#CCn1c(C(C)C)nc2scc(-c3ccc(Br)cc3)c2c1=O. The second-order valence-electron chi connectivity index (χ2n) is 5.56. The van der Waals surface area contributed by atoms with E-state index in [0.717, 1.165) is 26.3 Å². The number of hydrogen-bond donors (Lipinski definition) is 0. The van der Waals surface area contributed by atoms with Gasteiger partial charge in [-0.25, -0.2) is 4.98 Å². The molecule has 0 aliphatic carbocycles. The summed E-state index contributed by atoms with van der Waals surface area (Å²) in [7, 11) is 0. The minimum atomic E-state index is -0.0594. The Balaban J connectivity index is 2.32. The molecule has 23 heavy (non-hydrogen) atoms. The van der Waals surface area contributed by atoms with Crippen LogP contribution in [0, 0.1) is 12.3 Å². The van der Waals surface area contributed by atoms with Crippen molar-refractivity contribution in [2.24, 2.45) is 0 Å². The van der Waals surface area contributed by atoms with Crippen molar-refractivity contribution >= 4 is 37.5 Å². The average molecular weight is 387 g/mol. The molecular weight excluding hydrogens is 372 g/mol. The van der Waals surface area contributed by atoms with E-state index in [0.29, 0.717) is 5.39 Å². The Morgan fingerprint density at radius 3 is 2.65 bits per heavy atom. The molecule has 0 atom stereocenters. The number of thiophene rings is 1. The third-order valence-electron chi connectivity index (χ3n) is 3.64. The Bertz CT molecular complexity index is 962. The first-order valence-corrected chi connectivity index (χ1v) is 8.91. The molecule has 2 heterocycles. The number of halogens is 1. The minimum Gasteiger partial charge on any atom is -0.284 e. The van der Waals surface area contributed by atoms with Gasteiger partial charge in [0.2, 0.25) is 0 Å². The smallest absolute Gasteiger partial charge is 0.263 e. The van der Waals surface area contributed by atoms with Gasteiger partial charge in [-0.2, -0.15) is 0 Å². The van der Waals surface area contributed by atoms with E-state index in [-0.39, 0.29) is 18.0 Å². The Hall–Kier alpha value is -1.90. The highest BCUT2D eigenvalue weighted by Gasteiger charge is 2.18. The summed E-state index contributed by atoms with van der Waals surface area (Å²) in [6, 6.07) is 7.92. The Kier molecular flexibility index (Phi) is 4.38. The largest absolute Gasteiger partial charge is 0.284 e. The molecule has 0 unspecified atom stereocenters. The molecule has 0 bridgehead atoms. The van der Waals surface area contributed by atoms with Crippen LogP contribution in [0.2, 0.25) is 0 Å². The molecule has 1 aromatic carbocycles. The van der Waals surface area contributed by atoms with Crippen LogP contribution in [-0.4, -0.2) is 9.55 Å². The number of rotatable bonds is 3. The summed E-state index contributed by atoms with van der Waals surface area (Å²) in [4.78, 5) is 18.5. The van der Waals surface area contributed by atoms with E-state index in [2.05, 4.69) is 21.9 Å². The lowest BCUT2D eigenvalue weighted by molar-refractivity contribution is 0.651. The molecule has 0 N–H and O–H groups in total. The predicted molar refractivity (Wildman–Crippen MR) is 99.9 cm³/mol. The zero-order valence-electron chi connectivity index (χ0n) is 12.8. The number of hydrogen-bond acceptors (Lipinski definition) is 3. The molecule has 0 amide bonds. The van der Waals surface area contributed by atoms with Gasteiger partial charge in [-0.3, -0.25) is 9.36 Å². The van der Waals surface area contributed by atoms with Gasteiger partial charge in [0.05, 0.1) is 11.9 Å². The van der Waals surface area contributed by atoms with Gasteiger partial charge in [0, 0.05) is 21.3 Å². The van der Waals surface area contributed by atoms with Crippen LogP contribution in [-0.2, 0) is 6.54 Å². The van der Waals surface area contributed by atoms with Crippen LogP contribution in [0.4, 0.5) is 0 Å². The maximum absolute atomic E-state index is 13.0. The summed E-state index contributed by atoms with van der Waals surface area (Å²) in [5.74, 6) is 3.44. The first-order valence-electron chi connectivity index (χ1n) is 7.24. The maximum atomic E-state index is 13.0. The zero-order valence-corrected chi connectivity index (χ0v) is 15.2. The van der Waals surface area contributed by atoms with Crippen LogP contribution in [0.25, 0.3) is 21.3 Å².